The quantitative estimate of drug-likeness (QED) is 0.383. The molecule has 0 bridgehead atoms. The Kier molecular flexibility index (Phi) is 6.37. The van der Waals surface area contributed by atoms with Gasteiger partial charge in [-0.3, -0.25) is 4.79 Å². The molecule has 176 valence electrons. The summed E-state index contributed by atoms with van der Waals surface area (Å²) in [5, 5.41) is 8.24. The number of benzene rings is 3. The molecule has 2 atom stereocenters. The largest absolute Gasteiger partial charge is 0.484 e. The van der Waals surface area contributed by atoms with Crippen molar-refractivity contribution >= 4 is 16.8 Å². The smallest absolute Gasteiger partial charge is 0.225 e. The highest BCUT2D eigenvalue weighted by Crippen LogP contribution is 2.30. The van der Waals surface area contributed by atoms with E-state index in [-0.39, 0.29) is 17.5 Å². The van der Waals surface area contributed by atoms with Gasteiger partial charge in [0.1, 0.15) is 23.5 Å². The summed E-state index contributed by atoms with van der Waals surface area (Å²) in [6.45, 7) is 7.34. The van der Waals surface area contributed by atoms with Gasteiger partial charge in [-0.2, -0.15) is 5.10 Å². The molecule has 0 saturated heterocycles. The Morgan fingerprint density at radius 1 is 1.00 bits per heavy atom. The second-order valence-corrected chi connectivity index (χ2v) is 9.36. The van der Waals surface area contributed by atoms with Crippen LogP contribution >= 0.6 is 0 Å². The summed E-state index contributed by atoms with van der Waals surface area (Å²) in [5.41, 5.74) is 1.61. The van der Waals surface area contributed by atoms with Crippen LogP contribution in [0.1, 0.15) is 39.4 Å². The van der Waals surface area contributed by atoms with Gasteiger partial charge in [-0.25, -0.2) is 13.5 Å². The Bertz CT molecular complexity index is 1310. The van der Waals surface area contributed by atoms with Crippen LogP contribution in [0.3, 0.4) is 0 Å². The van der Waals surface area contributed by atoms with Gasteiger partial charge in [-0.1, -0.05) is 32.9 Å². The van der Waals surface area contributed by atoms with E-state index < -0.39 is 17.6 Å². The van der Waals surface area contributed by atoms with Crippen LogP contribution in [0.5, 0.6) is 5.75 Å². The van der Waals surface area contributed by atoms with Gasteiger partial charge in [0, 0.05) is 10.8 Å². The Hall–Kier alpha value is -3.74. The fourth-order valence-corrected chi connectivity index (χ4v) is 3.66. The number of fused-ring (bicyclic) bond motifs is 1. The van der Waals surface area contributed by atoms with Crippen molar-refractivity contribution in [1.29, 1.82) is 0 Å². The van der Waals surface area contributed by atoms with E-state index in [2.05, 4.69) is 10.4 Å². The number of nitrogens with zero attached hydrogens (tertiary/aromatic N) is 2. The normalized spacial score (nSPS) is 13.5. The van der Waals surface area contributed by atoms with Crippen molar-refractivity contribution < 1.29 is 18.3 Å². The van der Waals surface area contributed by atoms with E-state index in [0.29, 0.717) is 11.3 Å². The molecule has 1 heterocycles. The van der Waals surface area contributed by atoms with E-state index in [1.54, 1.807) is 41.2 Å². The molecule has 0 aliphatic carbocycles. The molecule has 4 aromatic rings. The third kappa shape index (κ3) is 5.09. The van der Waals surface area contributed by atoms with E-state index >= 15 is 0 Å². The third-order valence-corrected chi connectivity index (χ3v) is 5.55. The number of amides is 1. The van der Waals surface area contributed by atoms with Gasteiger partial charge in [0.05, 0.1) is 23.4 Å². The Labute approximate surface area is 197 Å². The molecular weight excluding hydrogens is 436 g/mol. The van der Waals surface area contributed by atoms with E-state index in [9.17, 15) is 13.6 Å². The monoisotopic (exact) mass is 463 g/mol. The first-order chi connectivity index (χ1) is 16.1. The lowest BCUT2D eigenvalue weighted by Crippen LogP contribution is -2.44. The van der Waals surface area contributed by atoms with Gasteiger partial charge in [-0.05, 0) is 67.1 Å². The number of rotatable bonds is 6. The Morgan fingerprint density at radius 2 is 1.74 bits per heavy atom. The predicted octanol–water partition coefficient (Wildman–Crippen LogP) is 5.97. The first-order valence-electron chi connectivity index (χ1n) is 11.1. The average molecular weight is 464 g/mol. The van der Waals surface area contributed by atoms with Crippen LogP contribution in [0.25, 0.3) is 16.6 Å². The van der Waals surface area contributed by atoms with Gasteiger partial charge in [0.2, 0.25) is 5.91 Å². The van der Waals surface area contributed by atoms with Crippen LogP contribution in [0.15, 0.2) is 72.9 Å². The Morgan fingerprint density at radius 3 is 2.41 bits per heavy atom. The van der Waals surface area contributed by atoms with Crippen molar-refractivity contribution in [3.05, 3.63) is 90.1 Å². The van der Waals surface area contributed by atoms with Gasteiger partial charge in [-0.15, -0.1) is 0 Å². The molecule has 0 unspecified atom stereocenters. The first-order valence-corrected chi connectivity index (χ1v) is 11.1. The number of ether oxygens (including phenoxy) is 1. The number of carbonyl (C=O) groups excluding carboxylic acids is 1. The standard InChI is InChI=1S/C27H27F2N3O2/c1-17(31-26(33)27(2,3)4)25(18-6-5-7-21(29)14-18)34-23-12-13-24-19(15-23)16-30-32(24)22-10-8-20(28)9-11-22/h5-17,25H,1-4H3,(H,31,33)/t17-,25+/m0/s1. The number of halogens is 2. The van der Waals surface area contributed by atoms with Crippen LogP contribution in [0, 0.1) is 17.0 Å². The van der Waals surface area contributed by atoms with Crippen LogP contribution in [0.4, 0.5) is 8.78 Å². The summed E-state index contributed by atoms with van der Waals surface area (Å²) in [6.07, 6.45) is 1.08. The van der Waals surface area contributed by atoms with Crippen molar-refractivity contribution in [1.82, 2.24) is 15.1 Å². The minimum atomic E-state index is -0.619. The zero-order valence-electron chi connectivity index (χ0n) is 19.5. The molecule has 1 N–H and O–H groups in total. The highest BCUT2D eigenvalue weighted by molar-refractivity contribution is 5.82. The summed E-state index contributed by atoms with van der Waals surface area (Å²) in [6, 6.07) is 17.3. The maximum atomic E-state index is 14.0. The lowest BCUT2D eigenvalue weighted by atomic mass is 9.94. The SMILES string of the molecule is C[C@H](NC(=O)C(C)(C)C)[C@@H](Oc1ccc2c(cnn2-c2ccc(F)cc2)c1)c1cccc(F)c1. The summed E-state index contributed by atoms with van der Waals surface area (Å²) in [5.74, 6) is -0.262. The minimum Gasteiger partial charge on any atom is -0.484 e. The average Bonchev–Trinajstić information content (AvgIpc) is 3.20. The molecule has 1 aromatic heterocycles. The fraction of sp³-hybridized carbons (Fsp3) is 0.259. The first kappa shape index (κ1) is 23.4. The van der Waals surface area contributed by atoms with Crippen molar-refractivity contribution in [3.63, 3.8) is 0 Å². The van der Waals surface area contributed by atoms with Crippen LogP contribution < -0.4 is 10.1 Å². The number of hydrogen-bond donors (Lipinski definition) is 1. The lowest BCUT2D eigenvalue weighted by Gasteiger charge is -2.29. The maximum Gasteiger partial charge on any atom is 0.225 e. The molecule has 34 heavy (non-hydrogen) atoms. The molecule has 0 fully saturated rings. The summed E-state index contributed by atoms with van der Waals surface area (Å²) < 4.78 is 35.3. The number of carbonyl (C=O) groups is 1. The van der Waals surface area contributed by atoms with Crippen molar-refractivity contribution in [2.75, 3.05) is 0 Å². The summed E-state index contributed by atoms with van der Waals surface area (Å²) in [7, 11) is 0. The highest BCUT2D eigenvalue weighted by Gasteiger charge is 2.28. The van der Waals surface area contributed by atoms with Gasteiger partial charge in [0.15, 0.2) is 0 Å². The third-order valence-electron chi connectivity index (χ3n) is 5.55. The number of hydrogen-bond acceptors (Lipinski definition) is 3. The summed E-state index contributed by atoms with van der Waals surface area (Å²) >= 11 is 0. The molecule has 3 aromatic carbocycles. The predicted molar refractivity (Wildman–Crippen MR) is 128 cm³/mol. The van der Waals surface area contributed by atoms with E-state index in [4.69, 9.17) is 4.74 Å². The van der Waals surface area contributed by atoms with Crippen molar-refractivity contribution in [3.8, 4) is 11.4 Å². The summed E-state index contributed by atoms with van der Waals surface area (Å²) in [4.78, 5) is 12.6. The van der Waals surface area contributed by atoms with E-state index in [0.717, 1.165) is 16.6 Å². The molecule has 0 spiro atoms. The van der Waals surface area contributed by atoms with E-state index in [1.807, 2.05) is 39.8 Å². The van der Waals surface area contributed by atoms with Crippen LogP contribution in [0.2, 0.25) is 0 Å². The van der Waals surface area contributed by atoms with Crippen LogP contribution in [-0.2, 0) is 4.79 Å². The van der Waals surface area contributed by atoms with Crippen molar-refractivity contribution in [2.45, 2.75) is 39.8 Å². The molecule has 0 aliphatic rings. The minimum absolute atomic E-state index is 0.124. The lowest BCUT2D eigenvalue weighted by molar-refractivity contribution is -0.129. The number of nitrogens with one attached hydrogen (secondary N) is 1. The van der Waals surface area contributed by atoms with Gasteiger partial charge in [0.25, 0.3) is 0 Å². The van der Waals surface area contributed by atoms with Gasteiger partial charge >= 0.3 is 0 Å². The Balaban J connectivity index is 1.64. The van der Waals surface area contributed by atoms with Gasteiger partial charge < -0.3 is 10.1 Å². The fourth-order valence-electron chi connectivity index (χ4n) is 3.66. The molecule has 5 nitrogen and oxygen atoms in total. The van der Waals surface area contributed by atoms with Crippen molar-refractivity contribution in [2.24, 2.45) is 5.41 Å². The highest BCUT2D eigenvalue weighted by atomic mass is 19.1. The zero-order chi connectivity index (χ0) is 24.5. The maximum absolute atomic E-state index is 14.0. The zero-order valence-corrected chi connectivity index (χ0v) is 19.5. The second kappa shape index (κ2) is 9.25. The molecule has 4 rings (SSSR count). The molecule has 1 amide bonds. The van der Waals surface area contributed by atoms with Crippen LogP contribution in [-0.4, -0.2) is 21.7 Å². The van der Waals surface area contributed by atoms with E-state index in [1.165, 1.54) is 24.3 Å². The topological polar surface area (TPSA) is 56.1 Å². The number of aromatic nitrogens is 2. The molecular formula is C27H27F2N3O2. The second-order valence-electron chi connectivity index (χ2n) is 9.36. The molecule has 0 saturated carbocycles. The molecule has 7 heteroatoms. The molecule has 0 aliphatic heterocycles. The molecule has 0 radical (unpaired) electrons.